The van der Waals surface area contributed by atoms with E-state index in [1.165, 1.54) is 11.8 Å². The van der Waals surface area contributed by atoms with Crippen molar-refractivity contribution in [2.24, 2.45) is 0 Å². The second kappa shape index (κ2) is 8.04. The molecule has 0 aliphatic rings. The first-order valence-corrected chi connectivity index (χ1v) is 8.74. The molecule has 0 fully saturated rings. The molecule has 130 valence electrons. The summed E-state index contributed by atoms with van der Waals surface area (Å²) in [6, 6.07) is 11.8. The molecule has 0 bridgehead atoms. The molecule has 0 radical (unpaired) electrons. The van der Waals surface area contributed by atoms with Gasteiger partial charge in [-0.25, -0.2) is 4.39 Å². The molecule has 2 aromatic carbocycles. The topological polar surface area (TPSA) is 32.5 Å². The van der Waals surface area contributed by atoms with Gasteiger partial charge in [0.15, 0.2) is 0 Å². The number of nitrogens with two attached hydrogens (primary N) is 1. The fraction of sp³-hybridized carbons (Fsp3) is 0.400. The highest BCUT2D eigenvalue weighted by atomic mass is 19.1. The van der Waals surface area contributed by atoms with Gasteiger partial charge in [-0.15, -0.1) is 0 Å². The van der Waals surface area contributed by atoms with Gasteiger partial charge in [-0.05, 0) is 63.1 Å². The Bertz CT molecular complexity index is 659. The first kappa shape index (κ1) is 18.1. The van der Waals surface area contributed by atoms with Gasteiger partial charge in [-0.2, -0.15) is 0 Å². The van der Waals surface area contributed by atoms with Crippen LogP contribution in [0.25, 0.3) is 11.1 Å². The molecule has 2 N–H and O–H groups in total. The van der Waals surface area contributed by atoms with Gasteiger partial charge < -0.3 is 15.5 Å². The number of anilines is 3. The monoisotopic (exact) mass is 329 g/mol. The number of nitrogens with zero attached hydrogens (tertiary/aromatic N) is 2. The summed E-state index contributed by atoms with van der Waals surface area (Å²) in [5.74, 6) is -0.359. The van der Waals surface area contributed by atoms with E-state index in [2.05, 4.69) is 35.8 Å². The average molecular weight is 329 g/mol. The van der Waals surface area contributed by atoms with Gasteiger partial charge in [0.25, 0.3) is 0 Å². The molecule has 0 aliphatic carbocycles. The Morgan fingerprint density at radius 1 is 0.792 bits per heavy atom. The van der Waals surface area contributed by atoms with Gasteiger partial charge in [0.2, 0.25) is 0 Å². The van der Waals surface area contributed by atoms with Crippen LogP contribution in [0.4, 0.5) is 21.5 Å². The molecule has 0 spiro atoms. The Morgan fingerprint density at radius 2 is 1.33 bits per heavy atom. The smallest absolute Gasteiger partial charge is 0.148 e. The molecule has 2 rings (SSSR count). The Morgan fingerprint density at radius 3 is 1.83 bits per heavy atom. The molecular formula is C20H28FN3. The average Bonchev–Trinajstić information content (AvgIpc) is 2.61. The van der Waals surface area contributed by atoms with Gasteiger partial charge in [-0.1, -0.05) is 12.1 Å². The minimum Gasteiger partial charge on any atom is -0.395 e. The highest BCUT2D eigenvalue weighted by Crippen LogP contribution is 2.33. The molecule has 0 amide bonds. The van der Waals surface area contributed by atoms with E-state index in [1.54, 1.807) is 0 Å². The summed E-state index contributed by atoms with van der Waals surface area (Å²) in [6.07, 6.45) is 0. The lowest BCUT2D eigenvalue weighted by atomic mass is 10.0. The molecule has 2 aromatic rings. The number of hydrogen-bond acceptors (Lipinski definition) is 3. The van der Waals surface area contributed by atoms with Crippen LogP contribution < -0.4 is 15.5 Å². The summed E-state index contributed by atoms with van der Waals surface area (Å²) in [7, 11) is 0. The van der Waals surface area contributed by atoms with Crippen LogP contribution in [0.1, 0.15) is 27.7 Å². The van der Waals surface area contributed by atoms with Crippen molar-refractivity contribution in [1.29, 1.82) is 0 Å². The highest BCUT2D eigenvalue weighted by Gasteiger charge is 2.13. The first-order chi connectivity index (χ1) is 11.5. The number of rotatable bonds is 7. The summed E-state index contributed by atoms with van der Waals surface area (Å²) in [5.41, 5.74) is 9.99. The molecule has 0 aliphatic heterocycles. The van der Waals surface area contributed by atoms with Crippen LogP contribution in [0.3, 0.4) is 0 Å². The third-order valence-corrected chi connectivity index (χ3v) is 4.54. The first-order valence-electron chi connectivity index (χ1n) is 8.74. The summed E-state index contributed by atoms with van der Waals surface area (Å²) in [6.45, 7) is 11.9. The second-order valence-corrected chi connectivity index (χ2v) is 5.78. The Labute approximate surface area is 144 Å². The summed E-state index contributed by atoms with van der Waals surface area (Å²) in [4.78, 5) is 4.36. The third kappa shape index (κ3) is 3.64. The highest BCUT2D eigenvalue weighted by molar-refractivity contribution is 5.78. The van der Waals surface area contributed by atoms with E-state index in [0.29, 0.717) is 0 Å². The minimum atomic E-state index is -0.359. The molecule has 0 unspecified atom stereocenters. The molecule has 3 nitrogen and oxygen atoms in total. The normalized spacial score (nSPS) is 10.7. The van der Waals surface area contributed by atoms with Gasteiger partial charge >= 0.3 is 0 Å². The van der Waals surface area contributed by atoms with Gasteiger partial charge in [0.1, 0.15) is 5.82 Å². The molecule has 0 heterocycles. The fourth-order valence-corrected chi connectivity index (χ4v) is 3.05. The Balaban J connectivity index is 2.42. The molecule has 0 atom stereocenters. The van der Waals surface area contributed by atoms with Crippen LogP contribution in [0, 0.1) is 5.82 Å². The van der Waals surface area contributed by atoms with E-state index in [9.17, 15) is 4.39 Å². The number of benzene rings is 2. The van der Waals surface area contributed by atoms with Crippen molar-refractivity contribution in [3.05, 3.63) is 42.2 Å². The van der Waals surface area contributed by atoms with E-state index in [4.69, 9.17) is 5.73 Å². The number of halogens is 1. The molecule has 24 heavy (non-hydrogen) atoms. The third-order valence-electron chi connectivity index (χ3n) is 4.54. The van der Waals surface area contributed by atoms with Crippen LogP contribution in [0.15, 0.2) is 36.4 Å². The molecular weight excluding hydrogens is 301 g/mol. The zero-order chi connectivity index (χ0) is 17.7. The van der Waals surface area contributed by atoms with Crippen LogP contribution >= 0.6 is 0 Å². The van der Waals surface area contributed by atoms with Crippen molar-refractivity contribution >= 4 is 17.1 Å². The molecule has 0 aromatic heterocycles. The molecule has 4 heteroatoms. The Kier molecular flexibility index (Phi) is 6.07. The maximum absolute atomic E-state index is 14.3. The summed E-state index contributed by atoms with van der Waals surface area (Å²) < 4.78 is 14.3. The van der Waals surface area contributed by atoms with E-state index in [-0.39, 0.29) is 11.5 Å². The van der Waals surface area contributed by atoms with E-state index in [0.717, 1.165) is 43.0 Å². The van der Waals surface area contributed by atoms with E-state index >= 15 is 0 Å². The van der Waals surface area contributed by atoms with Gasteiger partial charge in [0, 0.05) is 31.9 Å². The fourth-order valence-electron chi connectivity index (χ4n) is 3.05. The molecule has 0 saturated carbocycles. The van der Waals surface area contributed by atoms with Crippen molar-refractivity contribution in [1.82, 2.24) is 0 Å². The predicted molar refractivity (Wildman–Crippen MR) is 103 cm³/mol. The summed E-state index contributed by atoms with van der Waals surface area (Å²) >= 11 is 0. The van der Waals surface area contributed by atoms with Crippen molar-refractivity contribution in [2.45, 2.75) is 27.7 Å². The van der Waals surface area contributed by atoms with Gasteiger partial charge in [0.05, 0.1) is 11.4 Å². The standard InChI is InChI=1S/C20H28FN3/c1-5-23(6-2)17-11-9-15(10-12-17)16-13-18(21)20(22)19(14-16)24(7-3)8-4/h9-14H,5-8,22H2,1-4H3. The maximum Gasteiger partial charge on any atom is 0.148 e. The van der Waals surface area contributed by atoms with Crippen LogP contribution in [0.5, 0.6) is 0 Å². The van der Waals surface area contributed by atoms with Crippen LogP contribution in [-0.2, 0) is 0 Å². The van der Waals surface area contributed by atoms with Crippen LogP contribution in [-0.4, -0.2) is 26.2 Å². The second-order valence-electron chi connectivity index (χ2n) is 5.78. The van der Waals surface area contributed by atoms with Crippen molar-refractivity contribution in [2.75, 3.05) is 41.7 Å². The van der Waals surface area contributed by atoms with Gasteiger partial charge in [-0.3, -0.25) is 0 Å². The number of nitrogen functional groups attached to an aromatic ring is 1. The predicted octanol–water partition coefficient (Wildman–Crippen LogP) is 4.77. The van der Waals surface area contributed by atoms with E-state index < -0.39 is 0 Å². The van der Waals surface area contributed by atoms with Crippen molar-refractivity contribution < 1.29 is 4.39 Å². The lowest BCUT2D eigenvalue weighted by Gasteiger charge is -2.24. The lowest BCUT2D eigenvalue weighted by molar-refractivity contribution is 0.632. The van der Waals surface area contributed by atoms with Crippen LogP contribution in [0.2, 0.25) is 0 Å². The number of hydrogen-bond donors (Lipinski definition) is 1. The lowest BCUT2D eigenvalue weighted by Crippen LogP contribution is -2.23. The minimum absolute atomic E-state index is 0.224. The summed E-state index contributed by atoms with van der Waals surface area (Å²) in [5, 5.41) is 0. The Hall–Kier alpha value is -2.23. The zero-order valence-electron chi connectivity index (χ0n) is 15.1. The quantitative estimate of drug-likeness (QED) is 0.743. The SMILES string of the molecule is CCN(CC)c1ccc(-c2cc(F)c(N)c(N(CC)CC)c2)cc1. The van der Waals surface area contributed by atoms with Crippen molar-refractivity contribution in [3.63, 3.8) is 0 Å². The molecule has 0 saturated heterocycles. The maximum atomic E-state index is 14.3. The largest absolute Gasteiger partial charge is 0.395 e. The zero-order valence-corrected chi connectivity index (χ0v) is 15.1. The van der Waals surface area contributed by atoms with E-state index in [1.807, 2.05) is 32.0 Å². The van der Waals surface area contributed by atoms with Crippen molar-refractivity contribution in [3.8, 4) is 11.1 Å².